The standard InChI is InChI=1S/C17H18N4S2/c1-12-18-17(22)21(19-12)11-20-9-7-15-14(8-10-23-15)16(20)13-5-3-2-4-6-13/h2-6,8,10,16H,7,9,11H2,1H3,(H,18,19,22)/t16-/m1/s1. The first-order valence-corrected chi connectivity index (χ1v) is 9.00. The highest BCUT2D eigenvalue weighted by Gasteiger charge is 2.29. The second kappa shape index (κ2) is 6.03. The van der Waals surface area contributed by atoms with Gasteiger partial charge in [-0.1, -0.05) is 30.3 Å². The third-order valence-corrected chi connectivity index (χ3v) is 5.60. The summed E-state index contributed by atoms with van der Waals surface area (Å²) in [6.45, 7) is 3.69. The van der Waals surface area contributed by atoms with E-state index in [1.807, 2.05) is 22.9 Å². The molecule has 0 aliphatic carbocycles. The van der Waals surface area contributed by atoms with Gasteiger partial charge in [0, 0.05) is 11.4 Å². The van der Waals surface area contributed by atoms with Crippen LogP contribution < -0.4 is 0 Å². The topological polar surface area (TPSA) is 36.9 Å². The van der Waals surface area contributed by atoms with Crippen LogP contribution >= 0.6 is 23.6 Å². The molecule has 1 N–H and O–H groups in total. The average Bonchev–Trinajstić information content (AvgIpc) is 3.14. The Labute approximate surface area is 144 Å². The molecule has 118 valence electrons. The highest BCUT2D eigenvalue weighted by Crippen LogP contribution is 2.37. The summed E-state index contributed by atoms with van der Waals surface area (Å²) in [4.78, 5) is 8.28. The van der Waals surface area contributed by atoms with Gasteiger partial charge in [-0.3, -0.25) is 10.00 Å². The zero-order valence-corrected chi connectivity index (χ0v) is 14.5. The van der Waals surface area contributed by atoms with E-state index in [1.165, 1.54) is 16.0 Å². The predicted octanol–water partition coefficient (Wildman–Crippen LogP) is 3.92. The van der Waals surface area contributed by atoms with E-state index in [2.05, 4.69) is 56.8 Å². The van der Waals surface area contributed by atoms with Gasteiger partial charge in [0.05, 0.1) is 12.7 Å². The Bertz CT molecular complexity index is 862. The fourth-order valence-electron chi connectivity index (χ4n) is 3.30. The lowest BCUT2D eigenvalue weighted by Gasteiger charge is -2.36. The number of thiophene rings is 1. The molecule has 2 aromatic heterocycles. The normalized spacial score (nSPS) is 18.0. The second-order valence-electron chi connectivity index (χ2n) is 5.84. The molecule has 4 nitrogen and oxygen atoms in total. The van der Waals surface area contributed by atoms with Crippen molar-refractivity contribution in [3.63, 3.8) is 0 Å². The van der Waals surface area contributed by atoms with Crippen LogP contribution in [0.4, 0.5) is 0 Å². The van der Waals surface area contributed by atoms with E-state index in [0.717, 1.165) is 25.5 Å². The van der Waals surface area contributed by atoms with E-state index in [-0.39, 0.29) is 6.04 Å². The zero-order valence-electron chi connectivity index (χ0n) is 12.9. The molecule has 3 heterocycles. The molecule has 0 amide bonds. The van der Waals surface area contributed by atoms with Crippen LogP contribution in [0.3, 0.4) is 0 Å². The van der Waals surface area contributed by atoms with Crippen molar-refractivity contribution in [3.8, 4) is 0 Å². The first-order chi connectivity index (χ1) is 11.2. The first-order valence-electron chi connectivity index (χ1n) is 7.71. The predicted molar refractivity (Wildman–Crippen MR) is 95.2 cm³/mol. The van der Waals surface area contributed by atoms with Crippen molar-refractivity contribution in [2.45, 2.75) is 26.1 Å². The number of aryl methyl sites for hydroxylation is 1. The maximum absolute atomic E-state index is 5.35. The third-order valence-electron chi connectivity index (χ3n) is 4.30. The number of H-pyrrole nitrogens is 1. The molecule has 4 rings (SSSR count). The van der Waals surface area contributed by atoms with Gasteiger partial charge in [0.25, 0.3) is 0 Å². The van der Waals surface area contributed by atoms with Gasteiger partial charge in [-0.15, -0.1) is 11.3 Å². The second-order valence-corrected chi connectivity index (χ2v) is 7.20. The lowest BCUT2D eigenvalue weighted by atomic mass is 9.94. The Kier molecular flexibility index (Phi) is 3.88. The van der Waals surface area contributed by atoms with E-state index in [4.69, 9.17) is 12.2 Å². The van der Waals surface area contributed by atoms with Crippen molar-refractivity contribution < 1.29 is 0 Å². The molecule has 1 aromatic carbocycles. The highest BCUT2D eigenvalue weighted by atomic mass is 32.1. The first kappa shape index (κ1) is 14.8. The smallest absolute Gasteiger partial charge is 0.217 e. The lowest BCUT2D eigenvalue weighted by Crippen LogP contribution is -2.37. The van der Waals surface area contributed by atoms with Gasteiger partial charge in [-0.2, -0.15) is 0 Å². The number of hydrogen-bond donors (Lipinski definition) is 1. The summed E-state index contributed by atoms with van der Waals surface area (Å²) in [6, 6.07) is 13.3. The van der Waals surface area contributed by atoms with Gasteiger partial charge < -0.3 is 0 Å². The van der Waals surface area contributed by atoms with Gasteiger partial charge in [0.15, 0.2) is 0 Å². The van der Waals surface area contributed by atoms with Crippen molar-refractivity contribution in [3.05, 3.63) is 68.4 Å². The molecule has 1 aliphatic rings. The van der Waals surface area contributed by atoms with Crippen molar-refractivity contribution in [1.29, 1.82) is 0 Å². The van der Waals surface area contributed by atoms with Crippen LogP contribution in [-0.4, -0.2) is 26.2 Å². The minimum absolute atomic E-state index is 0.275. The summed E-state index contributed by atoms with van der Waals surface area (Å²) in [6.07, 6.45) is 1.09. The van der Waals surface area contributed by atoms with Crippen molar-refractivity contribution >= 4 is 23.6 Å². The Balaban J connectivity index is 1.73. The minimum atomic E-state index is 0.275. The zero-order chi connectivity index (χ0) is 15.8. The average molecular weight is 342 g/mol. The van der Waals surface area contributed by atoms with Gasteiger partial charge in [-0.25, -0.2) is 9.67 Å². The largest absolute Gasteiger partial charge is 0.282 e. The van der Waals surface area contributed by atoms with Crippen molar-refractivity contribution in [1.82, 2.24) is 19.7 Å². The third kappa shape index (κ3) is 2.78. The number of rotatable bonds is 3. The summed E-state index contributed by atoms with van der Waals surface area (Å²) < 4.78 is 2.57. The van der Waals surface area contributed by atoms with Gasteiger partial charge in [-0.05, 0) is 48.1 Å². The molecule has 0 radical (unpaired) electrons. The lowest BCUT2D eigenvalue weighted by molar-refractivity contribution is 0.156. The molecule has 3 aromatic rings. The molecular formula is C17H18N4S2. The van der Waals surface area contributed by atoms with Crippen LogP contribution in [0.15, 0.2) is 41.8 Å². The molecule has 1 atom stereocenters. The highest BCUT2D eigenvalue weighted by molar-refractivity contribution is 7.71. The molecule has 1 aliphatic heterocycles. The van der Waals surface area contributed by atoms with E-state index >= 15 is 0 Å². The van der Waals surface area contributed by atoms with Gasteiger partial charge >= 0.3 is 0 Å². The number of fused-ring (bicyclic) bond motifs is 1. The van der Waals surface area contributed by atoms with Crippen LogP contribution in [-0.2, 0) is 13.1 Å². The molecule has 0 unspecified atom stereocenters. The van der Waals surface area contributed by atoms with Crippen LogP contribution in [0.1, 0.15) is 27.9 Å². The SMILES string of the molecule is Cc1nc(=S)n(CN2CCc3sccc3[C@H]2c2ccccc2)[nH]1. The van der Waals surface area contributed by atoms with E-state index < -0.39 is 0 Å². The maximum Gasteiger partial charge on any atom is 0.217 e. The van der Waals surface area contributed by atoms with Crippen LogP contribution in [0.5, 0.6) is 0 Å². The van der Waals surface area contributed by atoms with Crippen LogP contribution in [0.2, 0.25) is 0 Å². The number of aromatic nitrogens is 3. The van der Waals surface area contributed by atoms with E-state index in [0.29, 0.717) is 4.77 Å². The molecule has 0 bridgehead atoms. The monoisotopic (exact) mass is 342 g/mol. The molecule has 6 heteroatoms. The molecular weight excluding hydrogens is 324 g/mol. The number of benzene rings is 1. The molecule has 0 fully saturated rings. The van der Waals surface area contributed by atoms with Gasteiger partial charge in [0.2, 0.25) is 4.77 Å². The Hall–Kier alpha value is -1.76. The Morgan fingerprint density at radius 2 is 2.13 bits per heavy atom. The van der Waals surface area contributed by atoms with Crippen molar-refractivity contribution in [2.24, 2.45) is 0 Å². The fourth-order valence-corrected chi connectivity index (χ4v) is 4.44. The minimum Gasteiger partial charge on any atom is -0.282 e. The summed E-state index contributed by atoms with van der Waals surface area (Å²) in [5.74, 6) is 0.861. The number of aromatic amines is 1. The number of nitrogens with one attached hydrogen (secondary N) is 1. The molecule has 0 saturated heterocycles. The van der Waals surface area contributed by atoms with Crippen LogP contribution in [0, 0.1) is 11.7 Å². The molecule has 0 spiro atoms. The maximum atomic E-state index is 5.35. The summed E-state index contributed by atoms with van der Waals surface area (Å²) in [7, 11) is 0. The number of hydrogen-bond acceptors (Lipinski definition) is 4. The summed E-state index contributed by atoms with van der Waals surface area (Å²) in [5, 5.41) is 5.45. The molecule has 23 heavy (non-hydrogen) atoms. The fraction of sp³-hybridized carbons (Fsp3) is 0.294. The molecule has 0 saturated carbocycles. The van der Waals surface area contributed by atoms with E-state index in [1.54, 1.807) is 0 Å². The van der Waals surface area contributed by atoms with Gasteiger partial charge in [0.1, 0.15) is 5.82 Å². The van der Waals surface area contributed by atoms with Crippen LogP contribution in [0.25, 0.3) is 0 Å². The number of nitrogens with zero attached hydrogens (tertiary/aromatic N) is 3. The quantitative estimate of drug-likeness (QED) is 0.733. The Morgan fingerprint density at radius 1 is 1.30 bits per heavy atom. The van der Waals surface area contributed by atoms with E-state index in [9.17, 15) is 0 Å². The summed E-state index contributed by atoms with van der Waals surface area (Å²) in [5.41, 5.74) is 2.75. The summed E-state index contributed by atoms with van der Waals surface area (Å²) >= 11 is 7.22. The van der Waals surface area contributed by atoms with Crippen molar-refractivity contribution in [2.75, 3.05) is 6.54 Å². The Morgan fingerprint density at radius 3 is 2.87 bits per heavy atom.